The highest BCUT2D eigenvalue weighted by Crippen LogP contribution is 2.28. The summed E-state index contributed by atoms with van der Waals surface area (Å²) >= 11 is 0. The van der Waals surface area contributed by atoms with E-state index >= 15 is 0 Å². The van der Waals surface area contributed by atoms with E-state index in [0.717, 1.165) is 22.4 Å². The van der Waals surface area contributed by atoms with Gasteiger partial charge in [0.05, 0.1) is 5.92 Å². The van der Waals surface area contributed by atoms with Crippen LogP contribution in [0.1, 0.15) is 36.0 Å². The summed E-state index contributed by atoms with van der Waals surface area (Å²) in [6.45, 7) is 2.83. The highest BCUT2D eigenvalue weighted by Gasteiger charge is 2.25. The van der Waals surface area contributed by atoms with Crippen molar-refractivity contribution in [2.24, 2.45) is 0 Å². The lowest BCUT2D eigenvalue weighted by Gasteiger charge is -2.29. The molecule has 5 heteroatoms. The normalized spacial score (nSPS) is 11.7. The molecule has 162 valence electrons. The Hall–Kier alpha value is -3.34. The van der Waals surface area contributed by atoms with E-state index in [2.05, 4.69) is 0 Å². The van der Waals surface area contributed by atoms with E-state index < -0.39 is 0 Å². The summed E-state index contributed by atoms with van der Waals surface area (Å²) in [5, 5.41) is 0. The molecule has 0 aliphatic rings. The summed E-state index contributed by atoms with van der Waals surface area (Å²) in [7, 11) is 3.94. The van der Waals surface area contributed by atoms with Crippen LogP contribution in [0.15, 0.2) is 72.8 Å². The molecule has 0 radical (unpaired) electrons. The maximum atomic E-state index is 13.7. The molecule has 0 aromatic heterocycles. The van der Waals surface area contributed by atoms with Crippen LogP contribution in [0.4, 0.5) is 15.8 Å². The maximum absolute atomic E-state index is 13.7. The number of amides is 1. The number of nitrogens with two attached hydrogens (primary N) is 1. The molecule has 3 aromatic carbocycles. The standard InChI is InChI=1S/C26H30FN3O/c1-4-24(20-8-6-5-7-9-20)26(31)30(17-19-10-12-22(27)13-11-19)18-21-16-23(28)14-15-25(21)29(2)3/h5-16,24H,4,17-18,28H2,1-3H3/t24-/m0/s1. The number of carbonyl (C=O) groups is 1. The number of hydrogen-bond donors (Lipinski definition) is 1. The average Bonchev–Trinajstić information content (AvgIpc) is 2.76. The van der Waals surface area contributed by atoms with Crippen LogP contribution in [0.3, 0.4) is 0 Å². The first-order valence-corrected chi connectivity index (χ1v) is 10.5. The van der Waals surface area contributed by atoms with Gasteiger partial charge in [0.2, 0.25) is 5.91 Å². The lowest BCUT2D eigenvalue weighted by molar-refractivity contribution is -0.134. The van der Waals surface area contributed by atoms with Crippen molar-refractivity contribution in [2.75, 3.05) is 24.7 Å². The van der Waals surface area contributed by atoms with Crippen molar-refractivity contribution in [3.05, 3.63) is 95.3 Å². The SMILES string of the molecule is CC[C@H](C(=O)N(Cc1ccc(F)cc1)Cc1cc(N)ccc1N(C)C)c1ccccc1. The van der Waals surface area contributed by atoms with Crippen LogP contribution >= 0.6 is 0 Å². The molecule has 0 aliphatic carbocycles. The van der Waals surface area contributed by atoms with Gasteiger partial charge in [-0.3, -0.25) is 4.79 Å². The Labute approximate surface area is 184 Å². The summed E-state index contributed by atoms with van der Waals surface area (Å²) in [5.74, 6) is -0.487. The van der Waals surface area contributed by atoms with Crippen molar-refractivity contribution in [3.63, 3.8) is 0 Å². The first-order chi connectivity index (χ1) is 14.9. The van der Waals surface area contributed by atoms with Gasteiger partial charge >= 0.3 is 0 Å². The predicted octanol–water partition coefficient (Wildman–Crippen LogP) is 5.20. The summed E-state index contributed by atoms with van der Waals surface area (Å²) in [6, 6.07) is 21.9. The van der Waals surface area contributed by atoms with Gasteiger partial charge < -0.3 is 15.5 Å². The number of rotatable bonds is 8. The fourth-order valence-electron chi connectivity index (χ4n) is 3.85. The highest BCUT2D eigenvalue weighted by molar-refractivity contribution is 5.84. The van der Waals surface area contributed by atoms with Crippen molar-refractivity contribution in [1.29, 1.82) is 0 Å². The number of halogens is 1. The van der Waals surface area contributed by atoms with Crippen molar-refractivity contribution >= 4 is 17.3 Å². The molecule has 1 amide bonds. The lowest BCUT2D eigenvalue weighted by Crippen LogP contribution is -2.34. The van der Waals surface area contributed by atoms with E-state index in [9.17, 15) is 9.18 Å². The van der Waals surface area contributed by atoms with Crippen molar-refractivity contribution in [2.45, 2.75) is 32.4 Å². The van der Waals surface area contributed by atoms with E-state index in [1.54, 1.807) is 12.1 Å². The molecule has 4 nitrogen and oxygen atoms in total. The molecule has 3 rings (SSSR count). The number of hydrogen-bond acceptors (Lipinski definition) is 3. The van der Waals surface area contributed by atoms with Gasteiger partial charge in [-0.2, -0.15) is 0 Å². The van der Waals surface area contributed by atoms with Gasteiger partial charge in [0.1, 0.15) is 5.82 Å². The van der Waals surface area contributed by atoms with Crippen molar-refractivity contribution < 1.29 is 9.18 Å². The van der Waals surface area contributed by atoms with Crippen molar-refractivity contribution in [3.8, 4) is 0 Å². The number of anilines is 2. The Morgan fingerprint density at radius 3 is 2.26 bits per heavy atom. The van der Waals surface area contributed by atoms with Gasteiger partial charge in [-0.1, -0.05) is 49.4 Å². The summed E-state index contributed by atoms with van der Waals surface area (Å²) in [5.41, 5.74) is 10.6. The summed E-state index contributed by atoms with van der Waals surface area (Å²) in [6.07, 6.45) is 0.695. The van der Waals surface area contributed by atoms with Crippen LogP contribution in [0.5, 0.6) is 0 Å². The van der Waals surface area contributed by atoms with Gasteiger partial charge in [0, 0.05) is 38.6 Å². The second kappa shape index (κ2) is 10.1. The van der Waals surface area contributed by atoms with Crippen LogP contribution in [-0.4, -0.2) is 24.9 Å². The second-order valence-corrected chi connectivity index (χ2v) is 7.97. The Bertz CT molecular complexity index is 1000. The smallest absolute Gasteiger partial charge is 0.230 e. The number of nitrogens with zero attached hydrogens (tertiary/aromatic N) is 2. The molecule has 1 atom stereocenters. The van der Waals surface area contributed by atoms with Crippen LogP contribution < -0.4 is 10.6 Å². The third kappa shape index (κ3) is 5.63. The fraction of sp³-hybridized carbons (Fsp3) is 0.269. The predicted molar refractivity (Wildman–Crippen MR) is 125 cm³/mol. The highest BCUT2D eigenvalue weighted by atomic mass is 19.1. The number of nitrogen functional groups attached to an aromatic ring is 1. The summed E-state index contributed by atoms with van der Waals surface area (Å²) < 4.78 is 13.4. The zero-order chi connectivity index (χ0) is 22.4. The third-order valence-corrected chi connectivity index (χ3v) is 5.45. The minimum Gasteiger partial charge on any atom is -0.399 e. The molecule has 0 heterocycles. The minimum absolute atomic E-state index is 0.0464. The van der Waals surface area contributed by atoms with Gasteiger partial charge in [0.25, 0.3) is 0 Å². The van der Waals surface area contributed by atoms with E-state index in [-0.39, 0.29) is 17.6 Å². The maximum Gasteiger partial charge on any atom is 0.230 e. The zero-order valence-corrected chi connectivity index (χ0v) is 18.4. The molecule has 0 unspecified atom stereocenters. The largest absolute Gasteiger partial charge is 0.399 e. The minimum atomic E-state index is -0.289. The first kappa shape index (κ1) is 22.3. The Balaban J connectivity index is 1.97. The molecule has 2 N–H and O–H groups in total. The van der Waals surface area contributed by atoms with Crippen LogP contribution in [0, 0.1) is 5.82 Å². The van der Waals surface area contributed by atoms with Crippen LogP contribution in [-0.2, 0) is 17.9 Å². The van der Waals surface area contributed by atoms with E-state index in [4.69, 9.17) is 5.73 Å². The van der Waals surface area contributed by atoms with E-state index in [1.165, 1.54) is 12.1 Å². The topological polar surface area (TPSA) is 49.6 Å². The fourth-order valence-corrected chi connectivity index (χ4v) is 3.85. The zero-order valence-electron chi connectivity index (χ0n) is 18.4. The number of benzene rings is 3. The van der Waals surface area contributed by atoms with E-state index in [1.807, 2.05) is 79.3 Å². The second-order valence-electron chi connectivity index (χ2n) is 7.97. The quantitative estimate of drug-likeness (QED) is 0.511. The molecule has 0 saturated heterocycles. The Kier molecular flexibility index (Phi) is 7.29. The molecule has 3 aromatic rings. The third-order valence-electron chi connectivity index (χ3n) is 5.45. The molecular weight excluding hydrogens is 389 g/mol. The molecular formula is C26H30FN3O. The lowest BCUT2D eigenvalue weighted by atomic mass is 9.94. The van der Waals surface area contributed by atoms with Gasteiger partial charge in [-0.15, -0.1) is 0 Å². The average molecular weight is 420 g/mol. The monoisotopic (exact) mass is 419 g/mol. The van der Waals surface area contributed by atoms with Gasteiger partial charge in [-0.25, -0.2) is 4.39 Å². The van der Waals surface area contributed by atoms with Gasteiger partial charge in [0.15, 0.2) is 0 Å². The van der Waals surface area contributed by atoms with Crippen LogP contribution in [0.2, 0.25) is 0 Å². The number of carbonyl (C=O) groups excluding carboxylic acids is 1. The van der Waals surface area contributed by atoms with E-state index in [0.29, 0.717) is 25.2 Å². The van der Waals surface area contributed by atoms with Crippen molar-refractivity contribution in [1.82, 2.24) is 4.90 Å². The molecule has 31 heavy (non-hydrogen) atoms. The van der Waals surface area contributed by atoms with Gasteiger partial charge in [-0.05, 0) is 53.4 Å². The molecule has 0 fully saturated rings. The molecule has 0 saturated carbocycles. The Morgan fingerprint density at radius 1 is 0.968 bits per heavy atom. The Morgan fingerprint density at radius 2 is 1.65 bits per heavy atom. The molecule has 0 bridgehead atoms. The van der Waals surface area contributed by atoms with Crippen LogP contribution in [0.25, 0.3) is 0 Å². The summed E-state index contributed by atoms with van der Waals surface area (Å²) in [4.78, 5) is 17.6. The first-order valence-electron chi connectivity index (χ1n) is 10.5. The molecule has 0 spiro atoms. The molecule has 0 aliphatic heterocycles.